The number of aromatic nitrogens is 2. The number of hydrogen-bond acceptors (Lipinski definition) is 5. The summed E-state index contributed by atoms with van der Waals surface area (Å²) in [6.45, 7) is 4.23. The summed E-state index contributed by atoms with van der Waals surface area (Å²) >= 11 is 0.472. The van der Waals surface area contributed by atoms with Crippen molar-refractivity contribution < 1.29 is 18.3 Å². The Balaban J connectivity index is 2.66. The maximum atomic E-state index is 12.3. The van der Waals surface area contributed by atoms with Crippen molar-refractivity contribution >= 4 is 16.5 Å². The molecule has 1 heterocycles. The first-order valence-electron chi connectivity index (χ1n) is 5.62. The van der Waals surface area contributed by atoms with Gasteiger partial charge in [-0.1, -0.05) is 25.2 Å². The molecule has 0 aliphatic heterocycles. The lowest BCUT2D eigenvalue weighted by molar-refractivity contribution is -0.138. The summed E-state index contributed by atoms with van der Waals surface area (Å²) in [7, 11) is 0. The number of nitrogens with zero attached hydrogens (tertiary/aromatic N) is 2. The van der Waals surface area contributed by atoms with E-state index in [2.05, 4.69) is 15.5 Å². The van der Waals surface area contributed by atoms with Crippen molar-refractivity contribution in [3.05, 3.63) is 5.01 Å². The van der Waals surface area contributed by atoms with Gasteiger partial charge in [0.15, 0.2) is 0 Å². The van der Waals surface area contributed by atoms with Crippen molar-refractivity contribution in [1.82, 2.24) is 10.2 Å². The Kier molecular flexibility index (Phi) is 4.92. The molecule has 0 fully saturated rings. The Bertz CT molecular complexity index is 368. The first-order valence-corrected chi connectivity index (χ1v) is 6.44. The van der Waals surface area contributed by atoms with Crippen molar-refractivity contribution in [2.45, 2.75) is 32.9 Å². The van der Waals surface area contributed by atoms with E-state index in [1.807, 2.05) is 13.8 Å². The van der Waals surface area contributed by atoms with Crippen molar-refractivity contribution in [1.29, 1.82) is 0 Å². The summed E-state index contributed by atoms with van der Waals surface area (Å²) < 4.78 is 36.9. The Morgan fingerprint density at radius 3 is 2.22 bits per heavy atom. The lowest BCUT2D eigenvalue weighted by atomic mass is 9.83. The zero-order valence-corrected chi connectivity index (χ0v) is 11.0. The second-order valence-corrected chi connectivity index (χ2v) is 5.11. The molecule has 18 heavy (non-hydrogen) atoms. The first kappa shape index (κ1) is 15.2. The quantitative estimate of drug-likeness (QED) is 0.843. The largest absolute Gasteiger partial charge is 0.445 e. The van der Waals surface area contributed by atoms with Crippen molar-refractivity contribution in [3.8, 4) is 0 Å². The number of rotatable bonds is 6. The molecule has 1 aromatic rings. The summed E-state index contributed by atoms with van der Waals surface area (Å²) in [5.74, 6) is 0. The van der Waals surface area contributed by atoms with E-state index in [9.17, 15) is 18.3 Å². The summed E-state index contributed by atoms with van der Waals surface area (Å²) in [5.41, 5.74) is -0.329. The molecule has 0 aliphatic rings. The van der Waals surface area contributed by atoms with Gasteiger partial charge in [0.05, 0.1) is 6.61 Å². The number of aliphatic hydroxyl groups excluding tert-OH is 1. The van der Waals surface area contributed by atoms with Crippen LogP contribution in [0, 0.1) is 5.41 Å². The molecule has 4 nitrogen and oxygen atoms in total. The van der Waals surface area contributed by atoms with Crippen LogP contribution < -0.4 is 5.32 Å². The van der Waals surface area contributed by atoms with Gasteiger partial charge in [-0.2, -0.15) is 13.2 Å². The van der Waals surface area contributed by atoms with Gasteiger partial charge in [0.1, 0.15) is 0 Å². The molecule has 0 radical (unpaired) electrons. The van der Waals surface area contributed by atoms with E-state index in [4.69, 9.17) is 0 Å². The maximum absolute atomic E-state index is 12.3. The Morgan fingerprint density at radius 1 is 1.22 bits per heavy atom. The van der Waals surface area contributed by atoms with Crippen molar-refractivity contribution in [2.24, 2.45) is 5.41 Å². The zero-order valence-electron chi connectivity index (χ0n) is 10.2. The molecular formula is C10H16F3N3OS. The predicted octanol–water partition coefficient (Wildman–Crippen LogP) is 2.77. The van der Waals surface area contributed by atoms with Gasteiger partial charge in [0, 0.05) is 12.0 Å². The fourth-order valence-electron chi connectivity index (χ4n) is 1.45. The van der Waals surface area contributed by atoms with E-state index in [1.54, 1.807) is 0 Å². The van der Waals surface area contributed by atoms with Gasteiger partial charge in [0.25, 0.3) is 0 Å². The van der Waals surface area contributed by atoms with Crippen LogP contribution in [0.3, 0.4) is 0 Å². The van der Waals surface area contributed by atoms with Crippen molar-refractivity contribution in [2.75, 3.05) is 18.5 Å². The summed E-state index contributed by atoms with van der Waals surface area (Å²) in [6.07, 6.45) is -2.99. The summed E-state index contributed by atoms with van der Waals surface area (Å²) in [5, 5.41) is 17.8. The first-order chi connectivity index (χ1) is 8.37. The molecule has 0 aromatic carbocycles. The van der Waals surface area contributed by atoms with Gasteiger partial charge in [-0.15, -0.1) is 10.2 Å². The van der Waals surface area contributed by atoms with Crippen LogP contribution in [0.4, 0.5) is 18.3 Å². The van der Waals surface area contributed by atoms with Crippen LogP contribution in [-0.2, 0) is 6.18 Å². The Hall–Kier alpha value is -0.890. The van der Waals surface area contributed by atoms with E-state index < -0.39 is 11.2 Å². The van der Waals surface area contributed by atoms with Crippen LogP contribution in [0.5, 0.6) is 0 Å². The molecule has 0 unspecified atom stereocenters. The van der Waals surface area contributed by atoms with Gasteiger partial charge in [-0.3, -0.25) is 0 Å². The number of hydrogen-bond donors (Lipinski definition) is 2. The minimum atomic E-state index is -4.46. The van der Waals surface area contributed by atoms with Crippen LogP contribution >= 0.6 is 11.3 Å². The molecule has 0 saturated heterocycles. The van der Waals surface area contributed by atoms with Crippen molar-refractivity contribution in [3.63, 3.8) is 0 Å². The maximum Gasteiger partial charge on any atom is 0.445 e. The van der Waals surface area contributed by atoms with Gasteiger partial charge >= 0.3 is 6.18 Å². The fraction of sp³-hybridized carbons (Fsp3) is 0.800. The van der Waals surface area contributed by atoms with Crippen LogP contribution in [-0.4, -0.2) is 28.5 Å². The average Bonchev–Trinajstić information content (AvgIpc) is 2.80. The third kappa shape index (κ3) is 3.55. The number of alkyl halides is 3. The molecule has 1 aromatic heterocycles. The smallest absolute Gasteiger partial charge is 0.396 e. The fourth-order valence-corrected chi connectivity index (χ4v) is 2.06. The van der Waals surface area contributed by atoms with E-state index >= 15 is 0 Å². The third-order valence-corrected chi connectivity index (χ3v) is 4.04. The molecule has 1 rings (SSSR count). The average molecular weight is 283 g/mol. The summed E-state index contributed by atoms with van der Waals surface area (Å²) in [4.78, 5) is 0. The monoisotopic (exact) mass is 283 g/mol. The second kappa shape index (κ2) is 5.83. The second-order valence-electron chi connectivity index (χ2n) is 4.13. The molecule has 104 valence electrons. The standard InChI is InChI=1S/C10H16F3N3OS/c1-3-9(4-2,6-17)5-14-8-16-15-7(18-8)10(11,12)13/h17H,3-6H2,1-2H3,(H,14,16). The van der Waals surface area contributed by atoms with E-state index in [-0.39, 0.29) is 17.2 Å². The molecule has 0 aliphatic carbocycles. The SMILES string of the molecule is CCC(CC)(CO)CNc1nnc(C(F)(F)F)s1. The van der Waals surface area contributed by atoms with E-state index in [0.29, 0.717) is 17.9 Å². The van der Waals surface area contributed by atoms with Gasteiger partial charge in [0.2, 0.25) is 10.1 Å². The van der Waals surface area contributed by atoms with E-state index in [1.165, 1.54) is 0 Å². The molecule has 0 atom stereocenters. The molecule has 0 spiro atoms. The highest BCUT2D eigenvalue weighted by Crippen LogP contribution is 2.33. The number of aliphatic hydroxyl groups is 1. The Morgan fingerprint density at radius 2 is 1.83 bits per heavy atom. The highest BCUT2D eigenvalue weighted by Gasteiger charge is 2.36. The highest BCUT2D eigenvalue weighted by atomic mass is 32.1. The molecular weight excluding hydrogens is 267 g/mol. The van der Waals surface area contributed by atoms with Gasteiger partial charge in [-0.05, 0) is 12.8 Å². The highest BCUT2D eigenvalue weighted by molar-refractivity contribution is 7.15. The van der Waals surface area contributed by atoms with Crippen LogP contribution in [0.25, 0.3) is 0 Å². The topological polar surface area (TPSA) is 58.0 Å². The molecule has 8 heteroatoms. The minimum Gasteiger partial charge on any atom is -0.396 e. The molecule has 0 bridgehead atoms. The number of halogens is 3. The lowest BCUT2D eigenvalue weighted by Gasteiger charge is -2.29. The van der Waals surface area contributed by atoms with Gasteiger partial charge in [-0.25, -0.2) is 0 Å². The summed E-state index contributed by atoms with van der Waals surface area (Å²) in [6, 6.07) is 0. The number of anilines is 1. The zero-order chi connectivity index (χ0) is 13.8. The molecule has 2 N–H and O–H groups in total. The van der Waals surface area contributed by atoms with Crippen LogP contribution in [0.1, 0.15) is 31.7 Å². The lowest BCUT2D eigenvalue weighted by Crippen LogP contribution is -2.32. The van der Waals surface area contributed by atoms with Crippen LogP contribution in [0.15, 0.2) is 0 Å². The third-order valence-electron chi connectivity index (χ3n) is 3.12. The molecule has 0 saturated carbocycles. The normalized spacial score (nSPS) is 12.8. The minimum absolute atomic E-state index is 0.0159. The Labute approximate surface area is 107 Å². The van der Waals surface area contributed by atoms with Gasteiger partial charge < -0.3 is 10.4 Å². The van der Waals surface area contributed by atoms with E-state index in [0.717, 1.165) is 12.8 Å². The molecule has 0 amide bonds. The predicted molar refractivity (Wildman–Crippen MR) is 63.5 cm³/mol. The van der Waals surface area contributed by atoms with Crippen LogP contribution in [0.2, 0.25) is 0 Å². The number of nitrogens with one attached hydrogen (secondary N) is 1.